The molecule has 1 N–H and O–H groups in total. The molecule has 3 rings (SSSR count). The molecule has 8 heteroatoms. The molecule has 3 aromatic rings. The molecule has 0 aliphatic rings. The van der Waals surface area contributed by atoms with Gasteiger partial charge in [-0.15, -0.1) is 11.6 Å². The Labute approximate surface area is 177 Å². The number of esters is 1. The number of rotatable bonds is 6. The Morgan fingerprint density at radius 2 is 1.89 bits per heavy atom. The molecule has 146 valence electrons. The number of carbonyl (C=O) groups is 2. The molecule has 2 aromatic carbocycles. The lowest BCUT2D eigenvalue weighted by Gasteiger charge is -2.12. The van der Waals surface area contributed by atoms with Gasteiger partial charge in [-0.3, -0.25) is 4.79 Å². The number of aromatic nitrogens is 1. The van der Waals surface area contributed by atoms with Gasteiger partial charge in [0.2, 0.25) is 5.91 Å². The molecule has 5 nitrogen and oxygen atoms in total. The highest BCUT2D eigenvalue weighted by molar-refractivity contribution is 6.42. The minimum atomic E-state index is -0.451. The van der Waals surface area contributed by atoms with Crippen molar-refractivity contribution in [3.05, 3.63) is 63.8 Å². The Morgan fingerprint density at radius 3 is 2.57 bits per heavy atom. The first-order chi connectivity index (χ1) is 13.4. The number of nitrogens with zero attached hydrogens (tertiary/aromatic N) is 1. The molecule has 1 heterocycles. The monoisotopic (exact) mass is 438 g/mol. The van der Waals surface area contributed by atoms with Crippen molar-refractivity contribution in [2.75, 3.05) is 17.8 Å². The number of amides is 1. The van der Waals surface area contributed by atoms with Crippen LogP contribution in [0.1, 0.15) is 23.0 Å². The number of ether oxygens (including phenoxy) is 1. The summed E-state index contributed by atoms with van der Waals surface area (Å²) >= 11 is 17.7. The molecule has 0 atom stereocenters. The van der Waals surface area contributed by atoms with Crippen LogP contribution in [-0.4, -0.2) is 28.9 Å². The zero-order valence-corrected chi connectivity index (χ0v) is 17.2. The second kappa shape index (κ2) is 8.86. The third kappa shape index (κ3) is 4.27. The van der Waals surface area contributed by atoms with Crippen molar-refractivity contribution in [3.63, 3.8) is 0 Å². The number of alkyl halides is 1. The zero-order chi connectivity index (χ0) is 20.3. The van der Waals surface area contributed by atoms with Gasteiger partial charge in [0.25, 0.3) is 0 Å². The van der Waals surface area contributed by atoms with Gasteiger partial charge in [-0.2, -0.15) is 0 Å². The van der Waals surface area contributed by atoms with Crippen LogP contribution in [0.5, 0.6) is 0 Å². The maximum atomic E-state index is 12.5. The SMILES string of the molecule is CCOC(=O)c1cc2c(NC(=O)CCl)cccc2n1Cc1ccc(Cl)c(Cl)c1. The highest BCUT2D eigenvalue weighted by atomic mass is 35.5. The number of hydrogen-bond donors (Lipinski definition) is 1. The van der Waals surface area contributed by atoms with Crippen LogP contribution < -0.4 is 5.32 Å². The first kappa shape index (κ1) is 20.5. The summed E-state index contributed by atoms with van der Waals surface area (Å²) < 4.78 is 7.03. The molecule has 1 amide bonds. The van der Waals surface area contributed by atoms with Crippen molar-refractivity contribution < 1.29 is 14.3 Å². The first-order valence-electron chi connectivity index (χ1n) is 8.53. The van der Waals surface area contributed by atoms with Gasteiger partial charge >= 0.3 is 5.97 Å². The van der Waals surface area contributed by atoms with Crippen molar-refractivity contribution in [2.24, 2.45) is 0 Å². The average molecular weight is 440 g/mol. The van der Waals surface area contributed by atoms with E-state index in [1.807, 2.05) is 16.7 Å². The van der Waals surface area contributed by atoms with Gasteiger partial charge in [-0.25, -0.2) is 4.79 Å². The second-order valence-electron chi connectivity index (χ2n) is 6.00. The molecule has 28 heavy (non-hydrogen) atoms. The van der Waals surface area contributed by atoms with Gasteiger partial charge in [0.05, 0.1) is 27.9 Å². The van der Waals surface area contributed by atoms with Crippen molar-refractivity contribution in [2.45, 2.75) is 13.5 Å². The van der Waals surface area contributed by atoms with E-state index >= 15 is 0 Å². The van der Waals surface area contributed by atoms with Crippen LogP contribution in [0.4, 0.5) is 5.69 Å². The molecule has 0 bridgehead atoms. The van der Waals surface area contributed by atoms with Gasteiger partial charge in [-0.05, 0) is 42.8 Å². The quantitative estimate of drug-likeness (QED) is 0.416. The molecular weight excluding hydrogens is 423 g/mol. The van der Waals surface area contributed by atoms with Gasteiger partial charge in [0.15, 0.2) is 0 Å². The minimum absolute atomic E-state index is 0.162. The topological polar surface area (TPSA) is 60.3 Å². The lowest BCUT2D eigenvalue weighted by atomic mass is 10.2. The summed E-state index contributed by atoms with van der Waals surface area (Å²) in [6, 6.07) is 12.4. The summed E-state index contributed by atoms with van der Waals surface area (Å²) in [6.07, 6.45) is 0. The Hall–Kier alpha value is -2.21. The first-order valence-corrected chi connectivity index (χ1v) is 9.82. The molecule has 0 saturated carbocycles. The lowest BCUT2D eigenvalue weighted by molar-refractivity contribution is -0.113. The second-order valence-corrected chi connectivity index (χ2v) is 7.09. The molecular formula is C20H17Cl3N2O3. The average Bonchev–Trinajstić information content (AvgIpc) is 3.04. The van der Waals surface area contributed by atoms with Crippen molar-refractivity contribution in [3.8, 4) is 0 Å². The molecule has 0 saturated heterocycles. The van der Waals surface area contributed by atoms with Crippen molar-refractivity contribution in [1.29, 1.82) is 0 Å². The van der Waals surface area contributed by atoms with Gasteiger partial charge < -0.3 is 14.6 Å². The van der Waals surface area contributed by atoms with Crippen LogP contribution >= 0.6 is 34.8 Å². The largest absolute Gasteiger partial charge is 0.461 e. The summed E-state index contributed by atoms with van der Waals surface area (Å²) in [5, 5.41) is 4.36. The predicted octanol–water partition coefficient (Wildman–Crippen LogP) is 5.35. The smallest absolute Gasteiger partial charge is 0.354 e. The van der Waals surface area contributed by atoms with Crippen molar-refractivity contribution in [1.82, 2.24) is 4.57 Å². The fourth-order valence-electron chi connectivity index (χ4n) is 2.94. The number of halogens is 3. The summed E-state index contributed by atoms with van der Waals surface area (Å²) in [4.78, 5) is 24.3. The molecule has 0 unspecified atom stereocenters. The van der Waals surface area contributed by atoms with Gasteiger partial charge in [-0.1, -0.05) is 35.3 Å². The Bertz CT molecular complexity index is 1050. The summed E-state index contributed by atoms with van der Waals surface area (Å²) in [7, 11) is 0. The zero-order valence-electron chi connectivity index (χ0n) is 15.0. The van der Waals surface area contributed by atoms with E-state index in [-0.39, 0.29) is 18.4 Å². The van der Waals surface area contributed by atoms with Crippen LogP contribution in [0.15, 0.2) is 42.5 Å². The van der Waals surface area contributed by atoms with Gasteiger partial charge in [0.1, 0.15) is 11.6 Å². The summed E-state index contributed by atoms with van der Waals surface area (Å²) in [5.74, 6) is -0.942. The number of anilines is 1. The highest BCUT2D eigenvalue weighted by Crippen LogP contribution is 2.30. The van der Waals surface area contributed by atoms with Crippen molar-refractivity contribution >= 4 is 63.3 Å². The van der Waals surface area contributed by atoms with Crippen LogP contribution in [0.3, 0.4) is 0 Å². The van der Waals surface area contributed by atoms with E-state index in [1.54, 1.807) is 37.3 Å². The minimum Gasteiger partial charge on any atom is -0.461 e. The van der Waals surface area contributed by atoms with E-state index in [1.165, 1.54) is 0 Å². The van der Waals surface area contributed by atoms with E-state index in [2.05, 4.69) is 5.32 Å². The number of hydrogen-bond acceptors (Lipinski definition) is 3. The summed E-state index contributed by atoms with van der Waals surface area (Å²) in [5.41, 5.74) is 2.58. The molecule has 0 aliphatic carbocycles. The Balaban J connectivity index is 2.13. The van der Waals surface area contributed by atoms with Crippen LogP contribution in [0.25, 0.3) is 10.9 Å². The maximum Gasteiger partial charge on any atom is 0.354 e. The molecule has 0 aliphatic heterocycles. The van der Waals surface area contributed by atoms with E-state index in [9.17, 15) is 9.59 Å². The maximum absolute atomic E-state index is 12.5. The van der Waals surface area contributed by atoms with E-state index < -0.39 is 5.97 Å². The predicted molar refractivity (Wildman–Crippen MR) is 113 cm³/mol. The Kier molecular flexibility index (Phi) is 6.50. The van der Waals surface area contributed by atoms with E-state index in [0.717, 1.165) is 11.1 Å². The van der Waals surface area contributed by atoms with Crippen LogP contribution in [0, 0.1) is 0 Å². The van der Waals surface area contributed by atoms with Crippen LogP contribution in [0.2, 0.25) is 10.0 Å². The fraction of sp³-hybridized carbons (Fsp3) is 0.200. The van der Waals surface area contributed by atoms with E-state index in [4.69, 9.17) is 39.5 Å². The molecule has 1 aromatic heterocycles. The third-order valence-corrected chi connectivity index (χ3v) is 5.13. The summed E-state index contributed by atoms with van der Waals surface area (Å²) in [6.45, 7) is 2.38. The number of carbonyl (C=O) groups excluding carboxylic acids is 2. The molecule has 0 spiro atoms. The lowest BCUT2D eigenvalue weighted by Crippen LogP contribution is -2.13. The number of fused-ring (bicyclic) bond motifs is 1. The highest BCUT2D eigenvalue weighted by Gasteiger charge is 2.19. The Morgan fingerprint density at radius 1 is 1.11 bits per heavy atom. The fourth-order valence-corrected chi connectivity index (χ4v) is 3.33. The van der Waals surface area contributed by atoms with E-state index in [0.29, 0.717) is 33.4 Å². The standard InChI is InChI=1S/C20H17Cl3N2O3/c1-2-28-20(27)18-9-13-16(24-19(26)10-21)4-3-5-17(13)25(18)11-12-6-7-14(22)15(23)8-12/h3-9H,2,10-11H2,1H3,(H,24,26). The number of nitrogens with one attached hydrogen (secondary N) is 1. The normalized spacial score (nSPS) is 10.9. The molecule has 0 fully saturated rings. The van der Waals surface area contributed by atoms with Gasteiger partial charge in [0, 0.05) is 11.9 Å². The van der Waals surface area contributed by atoms with Crippen LogP contribution in [-0.2, 0) is 16.1 Å². The molecule has 0 radical (unpaired) electrons. The third-order valence-electron chi connectivity index (χ3n) is 4.15. The number of benzene rings is 2.